The molecule has 30 heavy (non-hydrogen) atoms. The van der Waals surface area contributed by atoms with Crippen LogP contribution in [0.15, 0.2) is 47.4 Å². The van der Waals surface area contributed by atoms with Gasteiger partial charge in [-0.3, -0.25) is 9.69 Å². The van der Waals surface area contributed by atoms with E-state index in [0.717, 1.165) is 5.56 Å². The lowest BCUT2D eigenvalue weighted by Gasteiger charge is -2.26. The highest BCUT2D eigenvalue weighted by atomic mass is 35.5. The van der Waals surface area contributed by atoms with Gasteiger partial charge in [0.15, 0.2) is 0 Å². The van der Waals surface area contributed by atoms with E-state index in [1.165, 1.54) is 16.4 Å². The zero-order valence-electron chi connectivity index (χ0n) is 16.5. The van der Waals surface area contributed by atoms with Gasteiger partial charge in [-0.15, -0.1) is 0 Å². The van der Waals surface area contributed by atoms with Crippen molar-refractivity contribution >= 4 is 44.8 Å². The Kier molecular flexibility index (Phi) is 7.73. The number of hydrogen-bond acceptors (Lipinski definition) is 5. The van der Waals surface area contributed by atoms with Crippen LogP contribution in [0.1, 0.15) is 5.56 Å². The number of carbonyl (C=O) groups excluding carboxylic acids is 1. The fourth-order valence-corrected chi connectivity index (χ4v) is 4.90. The highest BCUT2D eigenvalue weighted by Gasteiger charge is 2.26. The van der Waals surface area contributed by atoms with Crippen molar-refractivity contribution < 1.29 is 17.9 Å². The number of sulfonamides is 1. The molecule has 2 aromatic rings. The molecule has 0 unspecified atom stereocenters. The molecule has 2 aromatic carbocycles. The highest BCUT2D eigenvalue weighted by molar-refractivity contribution is 7.89. The van der Waals surface area contributed by atoms with Gasteiger partial charge in [-0.2, -0.15) is 4.31 Å². The van der Waals surface area contributed by atoms with Gasteiger partial charge in [0.05, 0.1) is 34.7 Å². The van der Waals surface area contributed by atoms with Crippen LogP contribution in [0.25, 0.3) is 0 Å². The van der Waals surface area contributed by atoms with E-state index in [-0.39, 0.29) is 17.3 Å². The minimum atomic E-state index is -3.62. The summed E-state index contributed by atoms with van der Waals surface area (Å²) in [5.41, 5.74) is 1.36. The van der Waals surface area contributed by atoms with Gasteiger partial charge in [0.1, 0.15) is 0 Å². The topological polar surface area (TPSA) is 79.0 Å². The van der Waals surface area contributed by atoms with Crippen molar-refractivity contribution in [3.63, 3.8) is 0 Å². The Morgan fingerprint density at radius 2 is 1.87 bits per heavy atom. The Hall–Kier alpha value is -1.68. The lowest BCUT2D eigenvalue weighted by atomic mass is 10.2. The van der Waals surface area contributed by atoms with Crippen LogP contribution in [-0.2, 0) is 26.1 Å². The van der Waals surface area contributed by atoms with Crippen LogP contribution >= 0.6 is 23.2 Å². The summed E-state index contributed by atoms with van der Waals surface area (Å²) in [6, 6.07) is 11.6. The number of halogens is 2. The van der Waals surface area contributed by atoms with E-state index < -0.39 is 10.0 Å². The van der Waals surface area contributed by atoms with E-state index in [2.05, 4.69) is 5.32 Å². The summed E-state index contributed by atoms with van der Waals surface area (Å²) in [6.45, 7) is 2.02. The number of likely N-dealkylation sites (N-methyl/N-ethyl adjacent to an activating group) is 1. The zero-order chi connectivity index (χ0) is 21.7. The average molecular weight is 472 g/mol. The van der Waals surface area contributed by atoms with Gasteiger partial charge in [-0.05, 0) is 42.9 Å². The lowest BCUT2D eigenvalue weighted by molar-refractivity contribution is -0.117. The van der Waals surface area contributed by atoms with Gasteiger partial charge in [0.2, 0.25) is 15.9 Å². The molecule has 0 atom stereocenters. The van der Waals surface area contributed by atoms with E-state index >= 15 is 0 Å². The molecule has 0 spiro atoms. The fraction of sp³-hybridized carbons (Fsp3) is 0.350. The number of ether oxygens (including phenoxy) is 1. The summed E-state index contributed by atoms with van der Waals surface area (Å²) in [5, 5.41) is 3.70. The third-order valence-corrected chi connectivity index (χ3v) is 7.21. The molecule has 1 aliphatic rings. The number of nitrogens with one attached hydrogen (secondary N) is 1. The van der Waals surface area contributed by atoms with Crippen LogP contribution in [0.3, 0.4) is 0 Å². The van der Waals surface area contributed by atoms with E-state index in [4.69, 9.17) is 27.9 Å². The monoisotopic (exact) mass is 471 g/mol. The van der Waals surface area contributed by atoms with E-state index in [0.29, 0.717) is 48.6 Å². The minimum absolute atomic E-state index is 0.126. The molecule has 1 amide bonds. The number of carbonyl (C=O) groups is 1. The predicted molar refractivity (Wildman–Crippen MR) is 117 cm³/mol. The second kappa shape index (κ2) is 10.1. The molecule has 10 heteroatoms. The van der Waals surface area contributed by atoms with Crippen LogP contribution < -0.4 is 5.32 Å². The number of morpholine rings is 1. The van der Waals surface area contributed by atoms with Gasteiger partial charge in [0, 0.05) is 25.3 Å². The number of hydrogen-bond donors (Lipinski definition) is 1. The van der Waals surface area contributed by atoms with Crippen molar-refractivity contribution in [3.05, 3.63) is 58.1 Å². The second-order valence-corrected chi connectivity index (χ2v) is 9.77. The Labute approximate surface area is 186 Å². The molecule has 3 rings (SSSR count). The molecule has 0 radical (unpaired) electrons. The number of amides is 1. The molecule has 1 N–H and O–H groups in total. The summed E-state index contributed by atoms with van der Waals surface area (Å²) in [4.78, 5) is 14.4. The molecule has 1 aliphatic heterocycles. The van der Waals surface area contributed by atoms with Crippen LogP contribution in [-0.4, -0.2) is 63.4 Å². The number of anilines is 1. The van der Waals surface area contributed by atoms with Crippen molar-refractivity contribution in [2.45, 2.75) is 11.4 Å². The molecular formula is C20H23Cl2N3O4S. The third kappa shape index (κ3) is 5.94. The second-order valence-electron chi connectivity index (χ2n) is 7.01. The Morgan fingerprint density at radius 3 is 2.57 bits per heavy atom. The van der Waals surface area contributed by atoms with Gasteiger partial charge in [-0.1, -0.05) is 35.3 Å². The standard InChI is InChI=1S/C20H23Cl2N3O4S/c1-24(13-15-5-6-18(21)19(22)11-15)14-20(26)23-16-3-2-4-17(12-16)30(27,28)25-7-9-29-10-8-25/h2-6,11-12H,7-10,13-14H2,1H3,(H,23,26). The van der Waals surface area contributed by atoms with Crippen molar-refractivity contribution in [1.82, 2.24) is 9.21 Å². The largest absolute Gasteiger partial charge is 0.379 e. The van der Waals surface area contributed by atoms with Crippen LogP contribution in [0.4, 0.5) is 5.69 Å². The van der Waals surface area contributed by atoms with Crippen molar-refractivity contribution in [3.8, 4) is 0 Å². The van der Waals surface area contributed by atoms with Crippen molar-refractivity contribution in [1.29, 1.82) is 0 Å². The number of benzene rings is 2. The average Bonchev–Trinajstić information content (AvgIpc) is 2.71. The van der Waals surface area contributed by atoms with E-state index in [1.54, 1.807) is 31.3 Å². The Morgan fingerprint density at radius 1 is 1.13 bits per heavy atom. The normalized spacial score (nSPS) is 15.3. The summed E-state index contributed by atoms with van der Waals surface area (Å²) in [5.74, 6) is -0.251. The summed E-state index contributed by atoms with van der Waals surface area (Å²) >= 11 is 12.0. The van der Waals surface area contributed by atoms with Crippen LogP contribution in [0.2, 0.25) is 10.0 Å². The summed E-state index contributed by atoms with van der Waals surface area (Å²) in [6.07, 6.45) is 0. The molecule has 0 saturated carbocycles. The van der Waals surface area contributed by atoms with Gasteiger partial charge < -0.3 is 10.1 Å². The molecule has 0 bridgehead atoms. The SMILES string of the molecule is CN(CC(=O)Nc1cccc(S(=O)(=O)N2CCOCC2)c1)Cc1ccc(Cl)c(Cl)c1. The molecular weight excluding hydrogens is 449 g/mol. The highest BCUT2D eigenvalue weighted by Crippen LogP contribution is 2.23. The van der Waals surface area contributed by atoms with Gasteiger partial charge in [0.25, 0.3) is 0 Å². The maximum Gasteiger partial charge on any atom is 0.243 e. The Balaban J connectivity index is 1.61. The van der Waals surface area contributed by atoms with Gasteiger partial charge in [-0.25, -0.2) is 8.42 Å². The van der Waals surface area contributed by atoms with Gasteiger partial charge >= 0.3 is 0 Å². The molecule has 1 heterocycles. The van der Waals surface area contributed by atoms with Crippen molar-refractivity contribution in [2.24, 2.45) is 0 Å². The third-order valence-electron chi connectivity index (χ3n) is 4.58. The molecule has 0 aromatic heterocycles. The smallest absolute Gasteiger partial charge is 0.243 e. The maximum atomic E-state index is 12.8. The minimum Gasteiger partial charge on any atom is -0.379 e. The maximum absolute atomic E-state index is 12.8. The lowest BCUT2D eigenvalue weighted by Crippen LogP contribution is -2.40. The molecule has 1 fully saturated rings. The predicted octanol–water partition coefficient (Wildman–Crippen LogP) is 3.08. The summed E-state index contributed by atoms with van der Waals surface area (Å²) in [7, 11) is -1.82. The first-order valence-corrected chi connectivity index (χ1v) is 11.6. The first kappa shape index (κ1) is 23.0. The number of nitrogens with zero attached hydrogens (tertiary/aromatic N) is 2. The van der Waals surface area contributed by atoms with E-state index in [9.17, 15) is 13.2 Å². The quantitative estimate of drug-likeness (QED) is 0.670. The summed E-state index contributed by atoms with van der Waals surface area (Å²) < 4.78 is 32.2. The van der Waals surface area contributed by atoms with Crippen LogP contribution in [0, 0.1) is 0 Å². The molecule has 1 saturated heterocycles. The fourth-order valence-electron chi connectivity index (χ4n) is 3.12. The molecule has 0 aliphatic carbocycles. The Bertz CT molecular complexity index is 1010. The first-order chi connectivity index (χ1) is 14.3. The van der Waals surface area contributed by atoms with Crippen molar-refractivity contribution in [2.75, 3.05) is 45.2 Å². The zero-order valence-corrected chi connectivity index (χ0v) is 18.8. The van der Waals surface area contributed by atoms with Crippen LogP contribution in [0.5, 0.6) is 0 Å². The molecule has 7 nitrogen and oxygen atoms in total. The molecule has 162 valence electrons. The number of rotatable bonds is 7. The van der Waals surface area contributed by atoms with E-state index in [1.807, 2.05) is 11.0 Å². The first-order valence-electron chi connectivity index (χ1n) is 9.36.